The molecule has 0 heterocycles. The van der Waals surface area contributed by atoms with Crippen LogP contribution in [0.15, 0.2) is 24.3 Å². The molecule has 0 saturated heterocycles. The summed E-state index contributed by atoms with van der Waals surface area (Å²) in [6.45, 7) is 9.00. The first-order chi connectivity index (χ1) is 9.41. The summed E-state index contributed by atoms with van der Waals surface area (Å²) in [4.78, 5) is 11.7. The molecular formula is C17H28N2O. The third-order valence-electron chi connectivity index (χ3n) is 3.61. The van der Waals surface area contributed by atoms with Crippen molar-refractivity contribution in [2.24, 2.45) is 11.7 Å². The van der Waals surface area contributed by atoms with Gasteiger partial charge in [0.1, 0.15) is 0 Å². The molecule has 0 fully saturated rings. The fourth-order valence-electron chi connectivity index (χ4n) is 1.99. The van der Waals surface area contributed by atoms with Crippen LogP contribution >= 0.6 is 0 Å². The van der Waals surface area contributed by atoms with Crippen molar-refractivity contribution < 1.29 is 4.79 Å². The van der Waals surface area contributed by atoms with Crippen LogP contribution in [0.1, 0.15) is 51.2 Å². The molecule has 0 unspecified atom stereocenters. The summed E-state index contributed by atoms with van der Waals surface area (Å²) in [6, 6.07) is 8.33. The van der Waals surface area contributed by atoms with Gasteiger partial charge in [-0.1, -0.05) is 52.0 Å². The zero-order chi connectivity index (χ0) is 15.1. The highest BCUT2D eigenvalue weighted by Gasteiger charge is 2.15. The lowest BCUT2D eigenvalue weighted by Crippen LogP contribution is -2.44. The Morgan fingerprint density at radius 3 is 2.25 bits per heavy atom. The summed E-state index contributed by atoms with van der Waals surface area (Å²) in [6.07, 6.45) is 1.92. The van der Waals surface area contributed by atoms with Crippen molar-refractivity contribution in [1.29, 1.82) is 0 Å². The van der Waals surface area contributed by atoms with Gasteiger partial charge in [-0.25, -0.2) is 0 Å². The Kier molecular flexibility index (Phi) is 6.73. The van der Waals surface area contributed by atoms with E-state index in [4.69, 9.17) is 5.73 Å². The van der Waals surface area contributed by atoms with E-state index >= 15 is 0 Å². The standard InChI is InChI=1S/C17H28N2O/c1-12(2)15-9-7-14(8-10-15)6-5-11-19-17(20)16(18)13(3)4/h7-10,12-13,16H,5-6,11,18H2,1-4H3,(H,19,20)/t16-/m0/s1. The Balaban J connectivity index is 2.29. The molecule has 0 radical (unpaired) electrons. The Bertz CT molecular complexity index is 410. The number of carbonyl (C=O) groups is 1. The second-order valence-electron chi connectivity index (χ2n) is 6.06. The molecule has 1 atom stereocenters. The van der Waals surface area contributed by atoms with Crippen LogP contribution in [0.3, 0.4) is 0 Å². The van der Waals surface area contributed by atoms with Crippen LogP contribution in [0.5, 0.6) is 0 Å². The molecule has 3 heteroatoms. The highest BCUT2D eigenvalue weighted by atomic mass is 16.2. The second-order valence-corrected chi connectivity index (χ2v) is 6.06. The Hall–Kier alpha value is -1.35. The number of hydrogen-bond donors (Lipinski definition) is 2. The zero-order valence-corrected chi connectivity index (χ0v) is 13.1. The molecule has 0 saturated carbocycles. The molecule has 1 amide bonds. The van der Waals surface area contributed by atoms with E-state index < -0.39 is 6.04 Å². The normalized spacial score (nSPS) is 12.8. The third-order valence-corrected chi connectivity index (χ3v) is 3.61. The molecule has 0 aliphatic heterocycles. The van der Waals surface area contributed by atoms with Crippen molar-refractivity contribution in [3.8, 4) is 0 Å². The van der Waals surface area contributed by atoms with Crippen LogP contribution in [0.2, 0.25) is 0 Å². The predicted molar refractivity (Wildman–Crippen MR) is 84.7 cm³/mol. The highest BCUT2D eigenvalue weighted by Crippen LogP contribution is 2.15. The topological polar surface area (TPSA) is 55.1 Å². The van der Waals surface area contributed by atoms with Gasteiger partial charge in [-0.15, -0.1) is 0 Å². The number of nitrogens with one attached hydrogen (secondary N) is 1. The predicted octanol–water partition coefficient (Wildman–Crippen LogP) is 2.84. The van der Waals surface area contributed by atoms with Gasteiger partial charge in [0, 0.05) is 6.54 Å². The molecule has 0 aliphatic carbocycles. The van der Waals surface area contributed by atoms with Crippen LogP contribution in [0.25, 0.3) is 0 Å². The average molecular weight is 276 g/mol. The van der Waals surface area contributed by atoms with Gasteiger partial charge in [-0.3, -0.25) is 4.79 Å². The Labute approximate surface area is 122 Å². The van der Waals surface area contributed by atoms with E-state index in [1.165, 1.54) is 11.1 Å². The fraction of sp³-hybridized carbons (Fsp3) is 0.588. The van der Waals surface area contributed by atoms with E-state index in [1.807, 2.05) is 13.8 Å². The number of nitrogens with two attached hydrogens (primary N) is 1. The maximum absolute atomic E-state index is 11.7. The molecule has 3 N–H and O–H groups in total. The molecule has 0 bridgehead atoms. The smallest absolute Gasteiger partial charge is 0.237 e. The van der Waals surface area contributed by atoms with Crippen LogP contribution in [0, 0.1) is 5.92 Å². The number of hydrogen-bond acceptors (Lipinski definition) is 2. The molecule has 112 valence electrons. The molecule has 0 spiro atoms. The monoisotopic (exact) mass is 276 g/mol. The first-order valence-corrected chi connectivity index (χ1v) is 7.54. The SMILES string of the molecule is CC(C)c1ccc(CCCNC(=O)[C@@H](N)C(C)C)cc1. The summed E-state index contributed by atoms with van der Waals surface area (Å²) in [5, 5.41) is 2.90. The number of rotatable bonds is 7. The van der Waals surface area contributed by atoms with Gasteiger partial charge in [0.15, 0.2) is 0 Å². The molecule has 1 rings (SSSR count). The lowest BCUT2D eigenvalue weighted by molar-refractivity contribution is -0.123. The lowest BCUT2D eigenvalue weighted by atomic mass is 10.0. The van der Waals surface area contributed by atoms with Gasteiger partial charge in [0.05, 0.1) is 6.04 Å². The number of aryl methyl sites for hydroxylation is 1. The summed E-state index contributed by atoms with van der Waals surface area (Å²) in [7, 11) is 0. The Morgan fingerprint density at radius 2 is 1.75 bits per heavy atom. The van der Waals surface area contributed by atoms with Crippen LogP contribution in [-0.2, 0) is 11.2 Å². The molecule has 0 aliphatic rings. The highest BCUT2D eigenvalue weighted by molar-refractivity contribution is 5.81. The second kappa shape index (κ2) is 8.05. The summed E-state index contributed by atoms with van der Waals surface area (Å²) in [5.74, 6) is 0.703. The van der Waals surface area contributed by atoms with Crippen LogP contribution in [0.4, 0.5) is 0 Å². The van der Waals surface area contributed by atoms with Gasteiger partial charge in [-0.05, 0) is 35.8 Å². The molecule has 1 aromatic rings. The van der Waals surface area contributed by atoms with Crippen molar-refractivity contribution in [3.05, 3.63) is 35.4 Å². The van der Waals surface area contributed by atoms with E-state index in [9.17, 15) is 4.79 Å². The van der Waals surface area contributed by atoms with Crippen LogP contribution in [-0.4, -0.2) is 18.5 Å². The van der Waals surface area contributed by atoms with E-state index in [1.54, 1.807) is 0 Å². The van der Waals surface area contributed by atoms with Crippen molar-refractivity contribution in [2.45, 2.75) is 52.5 Å². The number of amides is 1. The fourth-order valence-corrected chi connectivity index (χ4v) is 1.99. The minimum absolute atomic E-state index is 0.0462. The summed E-state index contributed by atoms with van der Waals surface area (Å²) in [5.41, 5.74) is 8.47. The third kappa shape index (κ3) is 5.33. The van der Waals surface area contributed by atoms with Crippen LogP contribution < -0.4 is 11.1 Å². The Morgan fingerprint density at radius 1 is 1.15 bits per heavy atom. The maximum atomic E-state index is 11.7. The van der Waals surface area contributed by atoms with Crippen molar-refractivity contribution in [3.63, 3.8) is 0 Å². The van der Waals surface area contributed by atoms with Crippen molar-refractivity contribution in [1.82, 2.24) is 5.32 Å². The van der Waals surface area contributed by atoms with Crippen molar-refractivity contribution in [2.75, 3.05) is 6.54 Å². The zero-order valence-electron chi connectivity index (χ0n) is 13.1. The van der Waals surface area contributed by atoms with Gasteiger partial charge in [-0.2, -0.15) is 0 Å². The number of benzene rings is 1. The van der Waals surface area contributed by atoms with E-state index in [0.717, 1.165) is 12.8 Å². The minimum Gasteiger partial charge on any atom is -0.355 e. The summed E-state index contributed by atoms with van der Waals surface area (Å²) >= 11 is 0. The van der Waals surface area contributed by atoms with Gasteiger partial charge < -0.3 is 11.1 Å². The van der Waals surface area contributed by atoms with Gasteiger partial charge >= 0.3 is 0 Å². The largest absolute Gasteiger partial charge is 0.355 e. The number of carbonyl (C=O) groups excluding carboxylic acids is 1. The first-order valence-electron chi connectivity index (χ1n) is 7.54. The van der Waals surface area contributed by atoms with Crippen molar-refractivity contribution >= 4 is 5.91 Å². The average Bonchev–Trinajstić information content (AvgIpc) is 2.42. The molecule has 0 aromatic heterocycles. The molecule has 1 aromatic carbocycles. The van der Waals surface area contributed by atoms with E-state index in [0.29, 0.717) is 12.5 Å². The molecular weight excluding hydrogens is 248 g/mol. The quantitative estimate of drug-likeness (QED) is 0.752. The first kappa shape index (κ1) is 16.7. The lowest BCUT2D eigenvalue weighted by Gasteiger charge is -2.15. The summed E-state index contributed by atoms with van der Waals surface area (Å²) < 4.78 is 0. The minimum atomic E-state index is -0.402. The van der Waals surface area contributed by atoms with Gasteiger partial charge in [0.2, 0.25) is 5.91 Å². The maximum Gasteiger partial charge on any atom is 0.237 e. The van der Waals surface area contributed by atoms with Gasteiger partial charge in [0.25, 0.3) is 0 Å². The molecule has 20 heavy (non-hydrogen) atoms. The molecule has 3 nitrogen and oxygen atoms in total. The van der Waals surface area contributed by atoms with E-state index in [-0.39, 0.29) is 11.8 Å². The van der Waals surface area contributed by atoms with E-state index in [2.05, 4.69) is 43.4 Å².